The summed E-state index contributed by atoms with van der Waals surface area (Å²) in [6.07, 6.45) is 5.01. The molecule has 16 heavy (non-hydrogen) atoms. The molecule has 0 aliphatic rings. The van der Waals surface area contributed by atoms with Crippen LogP contribution in [0.25, 0.3) is 0 Å². The molecule has 1 atom stereocenters. The topological polar surface area (TPSA) is 61.0 Å². The van der Waals surface area contributed by atoms with E-state index >= 15 is 0 Å². The van der Waals surface area contributed by atoms with Gasteiger partial charge in [-0.25, -0.2) is 0 Å². The van der Waals surface area contributed by atoms with E-state index in [9.17, 15) is 0 Å². The molecule has 0 radical (unpaired) electrons. The van der Waals surface area contributed by atoms with E-state index in [2.05, 4.69) is 9.97 Å². The molecule has 2 aromatic rings. The van der Waals surface area contributed by atoms with Crippen molar-refractivity contribution in [2.75, 3.05) is 0 Å². The number of hydrogen-bond donors (Lipinski definition) is 1. The van der Waals surface area contributed by atoms with Crippen LogP contribution >= 0.6 is 0 Å². The molecule has 4 heteroatoms. The number of hydrogen-bond acceptors (Lipinski definition) is 4. The molecular formula is C12H13N3O. The molecule has 0 saturated heterocycles. The predicted molar refractivity (Wildman–Crippen MR) is 61.2 cm³/mol. The van der Waals surface area contributed by atoms with E-state index in [0.29, 0.717) is 11.5 Å². The average Bonchev–Trinajstić information content (AvgIpc) is 2.31. The van der Waals surface area contributed by atoms with Crippen molar-refractivity contribution in [2.24, 2.45) is 5.73 Å². The number of nitrogens with two attached hydrogens (primary N) is 1. The highest BCUT2D eigenvalue weighted by Crippen LogP contribution is 2.19. The van der Waals surface area contributed by atoms with Crippen LogP contribution in [-0.2, 0) is 0 Å². The van der Waals surface area contributed by atoms with Gasteiger partial charge in [0.15, 0.2) is 0 Å². The van der Waals surface area contributed by atoms with Gasteiger partial charge in [0.2, 0.25) is 0 Å². The van der Waals surface area contributed by atoms with Gasteiger partial charge in [0.1, 0.15) is 11.5 Å². The fraction of sp³-hybridized carbons (Fsp3) is 0.167. The summed E-state index contributed by atoms with van der Waals surface area (Å²) < 4.78 is 5.55. The minimum Gasteiger partial charge on any atom is -0.454 e. The SMILES string of the molecule is C[C@@H](N)c1ccc(Oc2cccnc2)cn1. The maximum Gasteiger partial charge on any atom is 0.145 e. The van der Waals surface area contributed by atoms with E-state index in [1.165, 1.54) is 0 Å². The molecule has 0 amide bonds. The summed E-state index contributed by atoms with van der Waals surface area (Å²) in [4.78, 5) is 8.17. The second kappa shape index (κ2) is 4.72. The average molecular weight is 215 g/mol. The van der Waals surface area contributed by atoms with Gasteiger partial charge in [-0.3, -0.25) is 9.97 Å². The molecule has 0 spiro atoms. The van der Waals surface area contributed by atoms with Crippen LogP contribution in [0.1, 0.15) is 18.7 Å². The predicted octanol–water partition coefficient (Wildman–Crippen LogP) is 2.29. The van der Waals surface area contributed by atoms with Crippen molar-refractivity contribution in [2.45, 2.75) is 13.0 Å². The molecule has 0 saturated carbocycles. The molecule has 82 valence electrons. The van der Waals surface area contributed by atoms with Crippen LogP contribution in [-0.4, -0.2) is 9.97 Å². The first-order chi connectivity index (χ1) is 7.75. The molecule has 2 heterocycles. The van der Waals surface area contributed by atoms with Gasteiger partial charge in [0, 0.05) is 12.2 Å². The van der Waals surface area contributed by atoms with Crippen molar-refractivity contribution in [3.8, 4) is 11.5 Å². The van der Waals surface area contributed by atoms with Crippen LogP contribution in [0.2, 0.25) is 0 Å². The van der Waals surface area contributed by atoms with Crippen molar-refractivity contribution in [3.63, 3.8) is 0 Å². The number of pyridine rings is 2. The van der Waals surface area contributed by atoms with Crippen LogP contribution in [0.3, 0.4) is 0 Å². The molecule has 0 bridgehead atoms. The first-order valence-corrected chi connectivity index (χ1v) is 5.05. The molecule has 2 N–H and O–H groups in total. The standard InChI is InChI=1S/C12H13N3O/c1-9(13)12-5-4-11(8-15-12)16-10-3-2-6-14-7-10/h2-9H,13H2,1H3/t9-/m1/s1. The van der Waals surface area contributed by atoms with Crippen LogP contribution in [0.15, 0.2) is 42.9 Å². The zero-order valence-corrected chi connectivity index (χ0v) is 9.00. The number of rotatable bonds is 3. The summed E-state index contributed by atoms with van der Waals surface area (Å²) >= 11 is 0. The minimum absolute atomic E-state index is 0.0626. The van der Waals surface area contributed by atoms with Gasteiger partial charge in [-0.2, -0.15) is 0 Å². The molecule has 0 aromatic carbocycles. The minimum atomic E-state index is -0.0626. The lowest BCUT2D eigenvalue weighted by Gasteiger charge is -2.07. The lowest BCUT2D eigenvalue weighted by molar-refractivity contribution is 0.477. The Morgan fingerprint density at radius 2 is 2.00 bits per heavy atom. The fourth-order valence-corrected chi connectivity index (χ4v) is 1.27. The highest BCUT2D eigenvalue weighted by atomic mass is 16.5. The molecule has 0 aliphatic heterocycles. The summed E-state index contributed by atoms with van der Waals surface area (Å²) in [6.45, 7) is 1.89. The first kappa shape index (κ1) is 10.6. The quantitative estimate of drug-likeness (QED) is 0.853. The smallest absolute Gasteiger partial charge is 0.145 e. The monoisotopic (exact) mass is 215 g/mol. The third kappa shape index (κ3) is 2.55. The summed E-state index contributed by atoms with van der Waals surface area (Å²) in [7, 11) is 0. The molecule has 4 nitrogen and oxygen atoms in total. The maximum atomic E-state index is 5.70. The van der Waals surface area contributed by atoms with Gasteiger partial charge in [0.05, 0.1) is 18.1 Å². The van der Waals surface area contributed by atoms with Crippen LogP contribution in [0.5, 0.6) is 11.5 Å². The van der Waals surface area contributed by atoms with Crippen molar-refractivity contribution < 1.29 is 4.74 Å². The Morgan fingerprint density at radius 1 is 1.19 bits per heavy atom. The van der Waals surface area contributed by atoms with Crippen molar-refractivity contribution in [1.82, 2.24) is 9.97 Å². The van der Waals surface area contributed by atoms with E-state index in [0.717, 1.165) is 5.69 Å². The Hall–Kier alpha value is -1.94. The summed E-state index contributed by atoms with van der Waals surface area (Å²) in [5.41, 5.74) is 6.55. The zero-order chi connectivity index (χ0) is 11.4. The van der Waals surface area contributed by atoms with Gasteiger partial charge in [-0.1, -0.05) is 0 Å². The lowest BCUT2D eigenvalue weighted by atomic mass is 10.2. The Morgan fingerprint density at radius 3 is 2.56 bits per heavy atom. The van der Waals surface area contributed by atoms with Gasteiger partial charge in [-0.05, 0) is 31.2 Å². The summed E-state index contributed by atoms with van der Waals surface area (Å²) in [5, 5.41) is 0. The number of aromatic nitrogens is 2. The van der Waals surface area contributed by atoms with E-state index < -0.39 is 0 Å². The van der Waals surface area contributed by atoms with E-state index in [1.54, 1.807) is 18.6 Å². The Bertz CT molecular complexity index is 440. The highest BCUT2D eigenvalue weighted by molar-refractivity contribution is 5.27. The van der Waals surface area contributed by atoms with Crippen molar-refractivity contribution in [3.05, 3.63) is 48.5 Å². The molecule has 0 aliphatic carbocycles. The van der Waals surface area contributed by atoms with Crippen molar-refractivity contribution in [1.29, 1.82) is 0 Å². The maximum absolute atomic E-state index is 5.70. The van der Waals surface area contributed by atoms with Crippen LogP contribution in [0.4, 0.5) is 0 Å². The molecule has 2 rings (SSSR count). The van der Waals surface area contributed by atoms with Gasteiger partial charge in [0.25, 0.3) is 0 Å². The first-order valence-electron chi connectivity index (χ1n) is 5.05. The molecule has 2 aromatic heterocycles. The van der Waals surface area contributed by atoms with Crippen LogP contribution in [0, 0.1) is 0 Å². The van der Waals surface area contributed by atoms with Gasteiger partial charge < -0.3 is 10.5 Å². The number of nitrogens with zero attached hydrogens (tertiary/aromatic N) is 2. The summed E-state index contributed by atoms with van der Waals surface area (Å²) in [5.74, 6) is 1.37. The second-order valence-corrected chi connectivity index (χ2v) is 3.50. The van der Waals surface area contributed by atoms with Gasteiger partial charge >= 0.3 is 0 Å². The Kier molecular flexibility index (Phi) is 3.12. The third-order valence-corrected chi connectivity index (χ3v) is 2.10. The van der Waals surface area contributed by atoms with E-state index in [1.807, 2.05) is 31.2 Å². The highest BCUT2D eigenvalue weighted by Gasteiger charge is 2.01. The fourth-order valence-electron chi connectivity index (χ4n) is 1.27. The van der Waals surface area contributed by atoms with Gasteiger partial charge in [-0.15, -0.1) is 0 Å². The second-order valence-electron chi connectivity index (χ2n) is 3.50. The number of ether oxygens (including phenoxy) is 1. The Balaban J connectivity index is 2.11. The molecule has 0 unspecified atom stereocenters. The normalized spacial score (nSPS) is 12.1. The lowest BCUT2D eigenvalue weighted by Crippen LogP contribution is -2.06. The van der Waals surface area contributed by atoms with E-state index in [-0.39, 0.29) is 6.04 Å². The summed E-state index contributed by atoms with van der Waals surface area (Å²) in [6, 6.07) is 7.30. The van der Waals surface area contributed by atoms with Crippen LogP contribution < -0.4 is 10.5 Å². The van der Waals surface area contributed by atoms with E-state index in [4.69, 9.17) is 10.5 Å². The largest absolute Gasteiger partial charge is 0.454 e. The van der Waals surface area contributed by atoms with Crippen molar-refractivity contribution >= 4 is 0 Å². The molecular weight excluding hydrogens is 202 g/mol. The zero-order valence-electron chi connectivity index (χ0n) is 9.00. The molecule has 0 fully saturated rings. The third-order valence-electron chi connectivity index (χ3n) is 2.10. The Labute approximate surface area is 94.1 Å².